The van der Waals surface area contributed by atoms with Crippen molar-refractivity contribution in [2.24, 2.45) is 0 Å². The number of carbonyl (C=O) groups excluding carboxylic acids is 1. The first kappa shape index (κ1) is 10.7. The van der Waals surface area contributed by atoms with Crippen molar-refractivity contribution < 1.29 is 13.9 Å². The third kappa shape index (κ3) is 1.58. The molecule has 0 aliphatic carbocycles. The molecule has 4 nitrogen and oxygen atoms in total. The molecule has 0 aromatic heterocycles. The van der Waals surface area contributed by atoms with Crippen LogP contribution in [0.4, 0.5) is 20.6 Å². The number of halogens is 1. The van der Waals surface area contributed by atoms with Crippen LogP contribution in [0.5, 0.6) is 0 Å². The maximum atomic E-state index is 13.6. The van der Waals surface area contributed by atoms with Gasteiger partial charge in [-0.3, -0.25) is 4.90 Å². The average Bonchev–Trinajstić information content (AvgIpc) is 2.43. The Hall–Kier alpha value is -1.78. The van der Waals surface area contributed by atoms with Crippen molar-refractivity contribution in [3.63, 3.8) is 0 Å². The Morgan fingerprint density at radius 1 is 1.44 bits per heavy atom. The predicted molar refractivity (Wildman–Crippen MR) is 58.7 cm³/mol. The molecule has 2 rings (SSSR count). The van der Waals surface area contributed by atoms with Crippen molar-refractivity contribution in [3.8, 4) is 0 Å². The number of rotatable bonds is 1. The third-order valence-corrected chi connectivity index (χ3v) is 2.80. The van der Waals surface area contributed by atoms with E-state index in [4.69, 9.17) is 10.5 Å². The third-order valence-electron chi connectivity index (χ3n) is 2.80. The van der Waals surface area contributed by atoms with Crippen LogP contribution in [0.25, 0.3) is 0 Å². The summed E-state index contributed by atoms with van der Waals surface area (Å²) in [4.78, 5) is 12.8. The van der Waals surface area contributed by atoms with Gasteiger partial charge in [-0.05, 0) is 32.0 Å². The fourth-order valence-electron chi connectivity index (χ4n) is 1.73. The number of carbonyl (C=O) groups is 1. The summed E-state index contributed by atoms with van der Waals surface area (Å²) in [5.74, 6) is -0.516. The zero-order chi connectivity index (χ0) is 11.9. The average molecular weight is 224 g/mol. The van der Waals surface area contributed by atoms with Gasteiger partial charge in [0.1, 0.15) is 11.9 Å². The van der Waals surface area contributed by atoms with Gasteiger partial charge in [-0.25, -0.2) is 9.18 Å². The molecule has 0 bridgehead atoms. The summed E-state index contributed by atoms with van der Waals surface area (Å²) >= 11 is 0. The molecule has 2 unspecified atom stereocenters. The first-order chi connectivity index (χ1) is 7.50. The molecule has 1 fully saturated rings. The maximum Gasteiger partial charge on any atom is 0.415 e. The van der Waals surface area contributed by atoms with E-state index in [0.717, 1.165) is 0 Å². The van der Waals surface area contributed by atoms with Crippen LogP contribution in [0.2, 0.25) is 0 Å². The lowest BCUT2D eigenvalue weighted by molar-refractivity contribution is 0.143. The van der Waals surface area contributed by atoms with Crippen molar-refractivity contribution in [3.05, 3.63) is 24.0 Å². The second-order valence-electron chi connectivity index (χ2n) is 3.91. The SMILES string of the molecule is CC1OC(=O)N(c2ccc(N)cc2F)C1C. The number of nitrogen functional groups attached to an aromatic ring is 1. The van der Waals surface area contributed by atoms with E-state index < -0.39 is 11.9 Å². The minimum atomic E-state index is -0.524. The van der Waals surface area contributed by atoms with Crippen LogP contribution in [0.15, 0.2) is 18.2 Å². The molecule has 5 heteroatoms. The largest absolute Gasteiger partial charge is 0.444 e. The monoisotopic (exact) mass is 224 g/mol. The highest BCUT2D eigenvalue weighted by atomic mass is 19.1. The van der Waals surface area contributed by atoms with Crippen LogP contribution < -0.4 is 10.6 Å². The zero-order valence-corrected chi connectivity index (χ0v) is 9.11. The quantitative estimate of drug-likeness (QED) is 0.743. The lowest BCUT2D eigenvalue weighted by Crippen LogP contribution is -2.33. The number of hydrogen-bond donors (Lipinski definition) is 1. The fraction of sp³-hybridized carbons (Fsp3) is 0.364. The predicted octanol–water partition coefficient (Wildman–Crippen LogP) is 2.14. The molecule has 16 heavy (non-hydrogen) atoms. The van der Waals surface area contributed by atoms with Crippen molar-refractivity contribution >= 4 is 17.5 Å². The van der Waals surface area contributed by atoms with E-state index >= 15 is 0 Å². The lowest BCUT2D eigenvalue weighted by Gasteiger charge is -2.20. The Balaban J connectivity index is 2.40. The molecule has 1 saturated heterocycles. The summed E-state index contributed by atoms with van der Waals surface area (Å²) in [6.07, 6.45) is -0.770. The second kappa shape index (κ2) is 3.66. The van der Waals surface area contributed by atoms with Gasteiger partial charge in [0.2, 0.25) is 0 Å². The Morgan fingerprint density at radius 3 is 2.62 bits per heavy atom. The molecule has 1 heterocycles. The van der Waals surface area contributed by atoms with Gasteiger partial charge in [-0.2, -0.15) is 0 Å². The number of benzene rings is 1. The minimum absolute atomic E-state index is 0.189. The summed E-state index contributed by atoms with van der Waals surface area (Å²) in [6.45, 7) is 3.59. The van der Waals surface area contributed by atoms with Gasteiger partial charge in [-0.1, -0.05) is 0 Å². The van der Waals surface area contributed by atoms with E-state index in [9.17, 15) is 9.18 Å². The van der Waals surface area contributed by atoms with E-state index in [1.54, 1.807) is 13.0 Å². The van der Waals surface area contributed by atoms with E-state index in [1.165, 1.54) is 17.0 Å². The number of cyclic esters (lactones) is 1. The van der Waals surface area contributed by atoms with E-state index in [-0.39, 0.29) is 17.8 Å². The number of anilines is 2. The van der Waals surface area contributed by atoms with Gasteiger partial charge in [-0.15, -0.1) is 0 Å². The fourth-order valence-corrected chi connectivity index (χ4v) is 1.73. The van der Waals surface area contributed by atoms with Gasteiger partial charge >= 0.3 is 6.09 Å². The summed E-state index contributed by atoms with van der Waals surface area (Å²) in [7, 11) is 0. The number of amides is 1. The van der Waals surface area contributed by atoms with Gasteiger partial charge in [0.05, 0.1) is 11.7 Å². The van der Waals surface area contributed by atoms with Crippen molar-refractivity contribution in [1.29, 1.82) is 0 Å². The number of hydrogen-bond acceptors (Lipinski definition) is 3. The van der Waals surface area contributed by atoms with Crippen LogP contribution in [-0.2, 0) is 4.74 Å². The summed E-state index contributed by atoms with van der Waals surface area (Å²) in [5.41, 5.74) is 5.98. The van der Waals surface area contributed by atoms with Crippen LogP contribution in [-0.4, -0.2) is 18.2 Å². The molecule has 2 atom stereocenters. The Morgan fingerprint density at radius 2 is 2.12 bits per heavy atom. The topological polar surface area (TPSA) is 55.6 Å². The Labute approximate surface area is 92.8 Å². The number of nitrogens with two attached hydrogens (primary N) is 1. The zero-order valence-electron chi connectivity index (χ0n) is 9.11. The summed E-state index contributed by atoms with van der Waals surface area (Å²) in [5, 5.41) is 0. The summed E-state index contributed by atoms with van der Waals surface area (Å²) in [6, 6.07) is 4.05. The highest BCUT2D eigenvalue weighted by Crippen LogP contribution is 2.29. The van der Waals surface area contributed by atoms with Crippen molar-refractivity contribution in [1.82, 2.24) is 0 Å². The molecule has 1 aromatic rings. The maximum absolute atomic E-state index is 13.6. The summed E-state index contributed by atoms with van der Waals surface area (Å²) < 4.78 is 18.7. The second-order valence-corrected chi connectivity index (χ2v) is 3.91. The molecule has 0 saturated carbocycles. The standard InChI is InChI=1S/C11H13FN2O2/c1-6-7(2)16-11(15)14(6)10-4-3-8(13)5-9(10)12/h3-7H,13H2,1-2H3. The molecule has 1 aromatic carbocycles. The van der Waals surface area contributed by atoms with Crippen LogP contribution >= 0.6 is 0 Å². The number of nitrogens with zero attached hydrogens (tertiary/aromatic N) is 1. The molecular formula is C11H13FN2O2. The first-order valence-corrected chi connectivity index (χ1v) is 5.05. The van der Waals surface area contributed by atoms with Crippen molar-refractivity contribution in [2.45, 2.75) is 26.0 Å². The first-order valence-electron chi connectivity index (χ1n) is 5.05. The van der Waals surface area contributed by atoms with Crippen LogP contribution in [0.1, 0.15) is 13.8 Å². The smallest absolute Gasteiger partial charge is 0.415 e. The molecule has 1 aliphatic rings. The van der Waals surface area contributed by atoms with Crippen molar-refractivity contribution in [2.75, 3.05) is 10.6 Å². The Bertz CT molecular complexity index is 436. The Kier molecular flexibility index (Phi) is 2.46. The van der Waals surface area contributed by atoms with Gasteiger partial charge in [0, 0.05) is 5.69 Å². The van der Waals surface area contributed by atoms with E-state index in [0.29, 0.717) is 5.69 Å². The highest BCUT2D eigenvalue weighted by Gasteiger charge is 2.38. The number of ether oxygens (including phenoxy) is 1. The van der Waals surface area contributed by atoms with Crippen LogP contribution in [0.3, 0.4) is 0 Å². The molecule has 0 radical (unpaired) electrons. The normalized spacial score (nSPS) is 24.7. The molecule has 86 valence electrons. The molecule has 1 aliphatic heterocycles. The minimum Gasteiger partial charge on any atom is -0.444 e. The van der Waals surface area contributed by atoms with Gasteiger partial charge in [0.25, 0.3) is 0 Å². The van der Waals surface area contributed by atoms with Gasteiger partial charge in [0.15, 0.2) is 0 Å². The van der Waals surface area contributed by atoms with Crippen LogP contribution in [0, 0.1) is 5.82 Å². The highest BCUT2D eigenvalue weighted by molar-refractivity contribution is 5.90. The molecule has 1 amide bonds. The lowest BCUT2D eigenvalue weighted by atomic mass is 10.1. The van der Waals surface area contributed by atoms with Gasteiger partial charge < -0.3 is 10.5 Å². The molecule has 0 spiro atoms. The molecule has 2 N–H and O–H groups in total. The molecular weight excluding hydrogens is 211 g/mol. The van der Waals surface area contributed by atoms with E-state index in [2.05, 4.69) is 0 Å². The van der Waals surface area contributed by atoms with E-state index in [1.807, 2.05) is 6.92 Å².